The first-order valence-corrected chi connectivity index (χ1v) is 5.99. The summed E-state index contributed by atoms with van der Waals surface area (Å²) in [6.07, 6.45) is -4.20. The van der Waals surface area contributed by atoms with Gasteiger partial charge in [0.25, 0.3) is 5.91 Å². The van der Waals surface area contributed by atoms with E-state index in [2.05, 4.69) is 4.98 Å². The van der Waals surface area contributed by atoms with E-state index < -0.39 is 36.4 Å². The first-order chi connectivity index (χ1) is 9.69. The molecule has 9 heteroatoms. The van der Waals surface area contributed by atoms with Crippen molar-refractivity contribution in [1.82, 2.24) is 4.98 Å². The number of carboxylic acid groups (broad SMARTS) is 1. The van der Waals surface area contributed by atoms with Crippen molar-refractivity contribution in [2.75, 3.05) is 18.0 Å². The molecule has 1 unspecified atom stereocenters. The number of amides is 1. The molecule has 1 aliphatic heterocycles. The number of hydrogen-bond acceptors (Lipinski definition) is 4. The van der Waals surface area contributed by atoms with Crippen molar-refractivity contribution in [3.63, 3.8) is 0 Å². The fourth-order valence-electron chi connectivity index (χ4n) is 2.36. The molecule has 21 heavy (non-hydrogen) atoms. The molecule has 0 aromatic carbocycles. The van der Waals surface area contributed by atoms with Crippen LogP contribution in [0.15, 0.2) is 18.3 Å². The lowest BCUT2D eigenvalue weighted by Gasteiger charge is -2.27. The molecule has 6 nitrogen and oxygen atoms in total. The lowest BCUT2D eigenvalue weighted by molar-refractivity contribution is -0.225. The van der Waals surface area contributed by atoms with Gasteiger partial charge >= 0.3 is 12.1 Å². The molecular formula is C12H12F3N3O3. The highest BCUT2D eigenvalue weighted by Crippen LogP contribution is 2.46. The number of primary amides is 1. The second-order valence-electron chi connectivity index (χ2n) is 4.80. The molecule has 1 saturated heterocycles. The minimum atomic E-state index is -4.89. The molecule has 1 aliphatic rings. The van der Waals surface area contributed by atoms with E-state index in [4.69, 9.17) is 10.8 Å². The van der Waals surface area contributed by atoms with Gasteiger partial charge < -0.3 is 15.7 Å². The van der Waals surface area contributed by atoms with Crippen LogP contribution in [0.3, 0.4) is 0 Å². The molecule has 0 spiro atoms. The van der Waals surface area contributed by atoms with Gasteiger partial charge in [0, 0.05) is 19.3 Å². The number of aliphatic carboxylic acids is 1. The number of nitrogens with zero attached hydrogens (tertiary/aromatic N) is 2. The quantitative estimate of drug-likeness (QED) is 0.869. The van der Waals surface area contributed by atoms with E-state index in [1.165, 1.54) is 18.3 Å². The zero-order chi connectivity index (χ0) is 15.8. The highest BCUT2D eigenvalue weighted by atomic mass is 19.4. The number of rotatable bonds is 3. The monoisotopic (exact) mass is 303 g/mol. The number of carbonyl (C=O) groups is 2. The highest BCUT2D eigenvalue weighted by molar-refractivity contribution is 5.97. The third kappa shape index (κ3) is 2.39. The van der Waals surface area contributed by atoms with E-state index in [0.29, 0.717) is 0 Å². The normalized spacial score (nSPS) is 22.3. The minimum Gasteiger partial charge on any atom is -0.481 e. The molecule has 1 atom stereocenters. The Kier molecular flexibility index (Phi) is 3.52. The van der Waals surface area contributed by atoms with Crippen LogP contribution in [0.2, 0.25) is 0 Å². The maximum atomic E-state index is 13.1. The van der Waals surface area contributed by atoms with Crippen molar-refractivity contribution in [2.24, 2.45) is 11.1 Å². The topological polar surface area (TPSA) is 96.5 Å². The van der Waals surface area contributed by atoms with Crippen LogP contribution in [-0.2, 0) is 4.79 Å². The first kappa shape index (κ1) is 15.1. The number of alkyl halides is 3. The summed E-state index contributed by atoms with van der Waals surface area (Å²) in [5.41, 5.74) is 2.25. The largest absolute Gasteiger partial charge is 0.481 e. The zero-order valence-corrected chi connectivity index (χ0v) is 10.7. The fraction of sp³-hybridized carbons (Fsp3) is 0.417. The number of halogens is 3. The van der Waals surface area contributed by atoms with Crippen LogP contribution < -0.4 is 10.6 Å². The van der Waals surface area contributed by atoms with Crippen LogP contribution in [0, 0.1) is 5.41 Å². The number of carbonyl (C=O) groups excluding carboxylic acids is 1. The molecule has 1 aromatic heterocycles. The molecule has 114 valence electrons. The van der Waals surface area contributed by atoms with Crippen molar-refractivity contribution >= 4 is 17.7 Å². The Bertz CT molecular complexity index is 591. The molecule has 0 aliphatic carbocycles. The number of aromatic nitrogens is 1. The molecule has 1 fully saturated rings. The summed E-state index contributed by atoms with van der Waals surface area (Å²) < 4.78 is 39.3. The van der Waals surface area contributed by atoms with Crippen molar-refractivity contribution in [1.29, 1.82) is 0 Å². The van der Waals surface area contributed by atoms with Crippen LogP contribution in [0.25, 0.3) is 0 Å². The molecule has 1 amide bonds. The Balaban J connectivity index is 2.39. The zero-order valence-electron chi connectivity index (χ0n) is 10.7. The van der Waals surface area contributed by atoms with Gasteiger partial charge in [0.15, 0.2) is 5.41 Å². The van der Waals surface area contributed by atoms with Crippen molar-refractivity contribution in [3.8, 4) is 0 Å². The number of pyridine rings is 1. The average Bonchev–Trinajstić information content (AvgIpc) is 2.84. The summed E-state index contributed by atoms with van der Waals surface area (Å²) in [6.45, 7) is -0.980. The molecule has 3 N–H and O–H groups in total. The van der Waals surface area contributed by atoms with Crippen LogP contribution in [0.4, 0.5) is 19.0 Å². The maximum absolute atomic E-state index is 13.1. The van der Waals surface area contributed by atoms with Gasteiger partial charge in [-0.25, -0.2) is 4.98 Å². The Morgan fingerprint density at radius 1 is 1.43 bits per heavy atom. The Hall–Kier alpha value is -2.32. The second kappa shape index (κ2) is 4.90. The molecule has 0 radical (unpaired) electrons. The minimum absolute atomic E-state index is 0.0302. The molecule has 2 rings (SSSR count). The first-order valence-electron chi connectivity index (χ1n) is 5.99. The third-order valence-electron chi connectivity index (χ3n) is 3.57. The summed E-state index contributed by atoms with van der Waals surface area (Å²) in [4.78, 5) is 27.4. The lowest BCUT2D eigenvalue weighted by Crippen LogP contribution is -2.47. The average molecular weight is 303 g/mol. The Morgan fingerprint density at radius 2 is 2.10 bits per heavy atom. The van der Waals surface area contributed by atoms with Gasteiger partial charge in [0.1, 0.15) is 5.82 Å². The maximum Gasteiger partial charge on any atom is 0.406 e. The van der Waals surface area contributed by atoms with Crippen LogP contribution >= 0.6 is 0 Å². The number of hydrogen-bond donors (Lipinski definition) is 2. The third-order valence-corrected chi connectivity index (χ3v) is 3.57. The second-order valence-corrected chi connectivity index (χ2v) is 4.80. The summed E-state index contributed by atoms with van der Waals surface area (Å²) >= 11 is 0. The van der Waals surface area contributed by atoms with E-state index in [0.717, 1.165) is 4.90 Å². The van der Waals surface area contributed by atoms with Gasteiger partial charge in [-0.05, 0) is 18.6 Å². The number of carboxylic acids is 1. The van der Waals surface area contributed by atoms with Crippen molar-refractivity contribution < 1.29 is 27.9 Å². The standard InChI is InChI=1S/C12H12F3N3O3/c13-12(14,15)11(10(20)21)3-5-18(6-11)9-7(8(16)19)2-1-4-17-9/h1-2,4H,3,5-6H2,(H2,16,19)(H,20,21). The van der Waals surface area contributed by atoms with Gasteiger partial charge in [0.2, 0.25) is 0 Å². The van der Waals surface area contributed by atoms with Gasteiger partial charge in [0.05, 0.1) is 5.56 Å². The van der Waals surface area contributed by atoms with Crippen LogP contribution in [0.5, 0.6) is 0 Å². The molecule has 0 saturated carbocycles. The highest BCUT2D eigenvalue weighted by Gasteiger charge is 2.64. The number of anilines is 1. The van der Waals surface area contributed by atoms with Crippen molar-refractivity contribution in [2.45, 2.75) is 12.6 Å². The van der Waals surface area contributed by atoms with Gasteiger partial charge in [-0.3, -0.25) is 9.59 Å². The predicted octanol–water partition coefficient (Wildman–Crippen LogP) is 1.02. The van der Waals surface area contributed by atoms with Gasteiger partial charge in [-0.15, -0.1) is 0 Å². The SMILES string of the molecule is NC(=O)c1cccnc1N1CCC(C(=O)O)(C(F)(F)F)C1. The van der Waals surface area contributed by atoms with Gasteiger partial charge in [-0.2, -0.15) is 13.2 Å². The summed E-state index contributed by atoms with van der Waals surface area (Å²) in [5, 5.41) is 8.98. The summed E-state index contributed by atoms with van der Waals surface area (Å²) in [7, 11) is 0. The van der Waals surface area contributed by atoms with E-state index in [-0.39, 0.29) is 17.9 Å². The van der Waals surface area contributed by atoms with E-state index >= 15 is 0 Å². The van der Waals surface area contributed by atoms with E-state index in [1.54, 1.807) is 0 Å². The summed E-state index contributed by atoms with van der Waals surface area (Å²) in [6, 6.07) is 2.76. The lowest BCUT2D eigenvalue weighted by atomic mass is 9.86. The smallest absolute Gasteiger partial charge is 0.406 e. The molecule has 0 bridgehead atoms. The predicted molar refractivity (Wildman–Crippen MR) is 65.7 cm³/mol. The molecule has 1 aromatic rings. The Morgan fingerprint density at radius 3 is 2.57 bits per heavy atom. The molecular weight excluding hydrogens is 291 g/mol. The van der Waals surface area contributed by atoms with Crippen molar-refractivity contribution in [3.05, 3.63) is 23.9 Å². The molecule has 2 heterocycles. The van der Waals surface area contributed by atoms with Gasteiger partial charge in [-0.1, -0.05) is 0 Å². The van der Waals surface area contributed by atoms with E-state index in [1.807, 2.05) is 0 Å². The fourth-order valence-corrected chi connectivity index (χ4v) is 2.36. The Labute approximate surface area is 117 Å². The van der Waals surface area contributed by atoms with Crippen LogP contribution in [0.1, 0.15) is 16.8 Å². The van der Waals surface area contributed by atoms with Crippen LogP contribution in [-0.4, -0.2) is 41.2 Å². The van der Waals surface area contributed by atoms with E-state index in [9.17, 15) is 22.8 Å². The number of nitrogens with two attached hydrogens (primary N) is 1. The summed E-state index contributed by atoms with van der Waals surface area (Å²) in [5.74, 6) is -2.80.